The van der Waals surface area contributed by atoms with Crippen LogP contribution in [0.15, 0.2) is 60.4 Å². The molecule has 0 atom stereocenters. The van der Waals surface area contributed by atoms with Crippen LogP contribution in [0.4, 0.5) is 0 Å². The Bertz CT molecular complexity index is 603. The molecule has 96 valence electrons. The van der Waals surface area contributed by atoms with Crippen LogP contribution in [0.25, 0.3) is 16.8 Å². The molecular weight excluding hydrogens is 252 g/mol. The van der Waals surface area contributed by atoms with E-state index >= 15 is 0 Å². The van der Waals surface area contributed by atoms with Gasteiger partial charge >= 0.3 is 0 Å². The second kappa shape index (κ2) is 6.34. The number of pyridine rings is 1. The van der Waals surface area contributed by atoms with Gasteiger partial charge in [0.15, 0.2) is 0 Å². The van der Waals surface area contributed by atoms with Gasteiger partial charge in [0.1, 0.15) is 0 Å². The zero-order valence-electron chi connectivity index (χ0n) is 11.1. The molecule has 1 aromatic heterocycles. The third-order valence-electron chi connectivity index (χ3n) is 2.80. The number of nitrogens with zero attached hydrogens (tertiary/aromatic N) is 2. The van der Waals surface area contributed by atoms with Crippen LogP contribution in [-0.4, -0.2) is 16.3 Å². The van der Waals surface area contributed by atoms with Gasteiger partial charge in [-0.2, -0.15) is 0 Å². The van der Waals surface area contributed by atoms with Gasteiger partial charge in [-0.1, -0.05) is 24.8 Å². The van der Waals surface area contributed by atoms with Crippen LogP contribution in [0, 0.1) is 0 Å². The molecule has 0 aliphatic carbocycles. The minimum atomic E-state index is 0.794. The first-order valence-electron chi connectivity index (χ1n) is 5.99. The summed E-state index contributed by atoms with van der Waals surface area (Å²) in [7, 11) is 0. The monoisotopic (exact) mass is 268 g/mol. The SMILES string of the molecule is C=C(N=C(C)SC)c1cccc(-c2ccncc2)c1. The molecular formula is C16H16N2S. The van der Waals surface area contributed by atoms with E-state index in [1.54, 1.807) is 24.2 Å². The molecule has 0 saturated carbocycles. The molecule has 2 rings (SSSR count). The fourth-order valence-electron chi connectivity index (χ4n) is 1.72. The van der Waals surface area contributed by atoms with E-state index in [0.29, 0.717) is 0 Å². The normalized spacial score (nSPS) is 11.4. The van der Waals surface area contributed by atoms with Gasteiger partial charge in [-0.3, -0.25) is 4.98 Å². The third kappa shape index (κ3) is 3.55. The highest BCUT2D eigenvalue weighted by Gasteiger charge is 2.02. The van der Waals surface area contributed by atoms with E-state index in [4.69, 9.17) is 0 Å². The number of thioether (sulfide) groups is 1. The summed E-state index contributed by atoms with van der Waals surface area (Å²) in [6.45, 7) is 6.02. The lowest BCUT2D eigenvalue weighted by Gasteiger charge is -2.06. The molecule has 2 nitrogen and oxygen atoms in total. The van der Waals surface area contributed by atoms with Gasteiger partial charge in [-0.05, 0) is 42.5 Å². The van der Waals surface area contributed by atoms with Crippen LogP contribution in [-0.2, 0) is 0 Å². The standard InChI is InChI=1S/C16H16N2S/c1-12(18-13(2)19-3)15-5-4-6-16(11-15)14-7-9-17-10-8-14/h4-11H,1H2,2-3H3. The van der Waals surface area contributed by atoms with Gasteiger partial charge in [0.2, 0.25) is 0 Å². The predicted molar refractivity (Wildman–Crippen MR) is 85.3 cm³/mol. The highest BCUT2D eigenvalue weighted by molar-refractivity contribution is 8.13. The average molecular weight is 268 g/mol. The summed E-state index contributed by atoms with van der Waals surface area (Å²) in [6, 6.07) is 12.2. The first-order chi connectivity index (χ1) is 9.20. The Kier molecular flexibility index (Phi) is 4.53. The number of rotatable bonds is 3. The lowest BCUT2D eigenvalue weighted by Crippen LogP contribution is -1.86. The second-order valence-corrected chi connectivity index (χ2v) is 5.10. The first kappa shape index (κ1) is 13.6. The van der Waals surface area contributed by atoms with E-state index in [0.717, 1.165) is 27.4 Å². The van der Waals surface area contributed by atoms with E-state index in [1.807, 2.05) is 37.4 Å². The van der Waals surface area contributed by atoms with Gasteiger partial charge in [0, 0.05) is 18.0 Å². The number of hydrogen-bond acceptors (Lipinski definition) is 3. The molecule has 19 heavy (non-hydrogen) atoms. The Morgan fingerprint density at radius 1 is 1.16 bits per heavy atom. The number of aromatic nitrogens is 1. The summed E-state index contributed by atoms with van der Waals surface area (Å²) >= 11 is 1.63. The fourth-order valence-corrected chi connectivity index (χ4v) is 1.92. The zero-order valence-corrected chi connectivity index (χ0v) is 11.9. The molecule has 0 saturated heterocycles. The highest BCUT2D eigenvalue weighted by atomic mass is 32.2. The summed E-state index contributed by atoms with van der Waals surface area (Å²) < 4.78 is 0. The average Bonchev–Trinajstić information content (AvgIpc) is 2.48. The summed E-state index contributed by atoms with van der Waals surface area (Å²) in [4.78, 5) is 8.51. The number of aliphatic imine (C=N–C) groups is 1. The Hall–Kier alpha value is -1.87. The fraction of sp³-hybridized carbons (Fsp3) is 0.125. The maximum atomic E-state index is 4.47. The quantitative estimate of drug-likeness (QED) is 0.605. The molecule has 0 aliphatic rings. The van der Waals surface area contributed by atoms with Gasteiger partial charge in [0.05, 0.1) is 10.7 Å². The molecule has 0 bridgehead atoms. The summed E-state index contributed by atoms with van der Waals surface area (Å²) in [5.74, 6) is 0. The molecule has 0 N–H and O–H groups in total. The Morgan fingerprint density at radius 3 is 2.58 bits per heavy atom. The van der Waals surface area contributed by atoms with Crippen LogP contribution < -0.4 is 0 Å². The number of hydrogen-bond donors (Lipinski definition) is 0. The lowest BCUT2D eigenvalue weighted by atomic mass is 10.0. The van der Waals surface area contributed by atoms with E-state index in [-0.39, 0.29) is 0 Å². The molecule has 0 spiro atoms. The molecule has 0 fully saturated rings. The Balaban J connectivity index is 2.33. The van der Waals surface area contributed by atoms with Crippen LogP contribution in [0.2, 0.25) is 0 Å². The van der Waals surface area contributed by atoms with E-state index in [2.05, 4.69) is 28.7 Å². The summed E-state index contributed by atoms with van der Waals surface area (Å²) in [5.41, 5.74) is 4.14. The zero-order chi connectivity index (χ0) is 13.7. The third-order valence-corrected chi connectivity index (χ3v) is 3.48. The molecule has 0 aliphatic heterocycles. The van der Waals surface area contributed by atoms with Crippen molar-refractivity contribution < 1.29 is 0 Å². The Morgan fingerprint density at radius 2 is 1.89 bits per heavy atom. The molecule has 1 heterocycles. The predicted octanol–water partition coefficient (Wildman–Crippen LogP) is 4.50. The van der Waals surface area contributed by atoms with Crippen molar-refractivity contribution in [2.45, 2.75) is 6.92 Å². The van der Waals surface area contributed by atoms with Crippen molar-refractivity contribution in [3.63, 3.8) is 0 Å². The maximum absolute atomic E-state index is 4.47. The minimum absolute atomic E-state index is 0.794. The van der Waals surface area contributed by atoms with Crippen LogP contribution >= 0.6 is 11.8 Å². The van der Waals surface area contributed by atoms with Crippen molar-refractivity contribution in [1.29, 1.82) is 0 Å². The van der Waals surface area contributed by atoms with E-state index in [1.165, 1.54) is 0 Å². The van der Waals surface area contributed by atoms with Crippen molar-refractivity contribution in [1.82, 2.24) is 4.98 Å². The molecule has 0 unspecified atom stereocenters. The van der Waals surface area contributed by atoms with Crippen LogP contribution in [0.1, 0.15) is 12.5 Å². The summed E-state index contributed by atoms with van der Waals surface area (Å²) in [6.07, 6.45) is 5.61. The van der Waals surface area contributed by atoms with Crippen molar-refractivity contribution >= 4 is 22.5 Å². The Labute approximate surface area is 118 Å². The largest absolute Gasteiger partial charge is 0.265 e. The van der Waals surface area contributed by atoms with Gasteiger partial charge < -0.3 is 0 Å². The van der Waals surface area contributed by atoms with Crippen LogP contribution in [0.5, 0.6) is 0 Å². The summed E-state index contributed by atoms with van der Waals surface area (Å²) in [5, 5.41) is 1.01. The lowest BCUT2D eigenvalue weighted by molar-refractivity contribution is 1.33. The molecule has 0 radical (unpaired) electrons. The topological polar surface area (TPSA) is 25.2 Å². The molecule has 2 aromatic rings. The smallest absolute Gasteiger partial charge is 0.0704 e. The van der Waals surface area contributed by atoms with E-state index < -0.39 is 0 Å². The highest BCUT2D eigenvalue weighted by Crippen LogP contribution is 2.23. The molecule has 3 heteroatoms. The van der Waals surface area contributed by atoms with Gasteiger partial charge in [-0.25, -0.2) is 4.99 Å². The molecule has 0 amide bonds. The van der Waals surface area contributed by atoms with Crippen molar-refractivity contribution in [2.75, 3.05) is 6.26 Å². The van der Waals surface area contributed by atoms with Gasteiger partial charge in [-0.15, -0.1) is 11.8 Å². The van der Waals surface area contributed by atoms with Crippen molar-refractivity contribution in [2.24, 2.45) is 4.99 Å². The molecule has 1 aromatic carbocycles. The number of benzene rings is 1. The maximum Gasteiger partial charge on any atom is 0.0704 e. The second-order valence-electron chi connectivity index (χ2n) is 4.10. The van der Waals surface area contributed by atoms with E-state index in [9.17, 15) is 0 Å². The van der Waals surface area contributed by atoms with Crippen molar-refractivity contribution in [3.05, 3.63) is 60.9 Å². The minimum Gasteiger partial charge on any atom is -0.265 e. The van der Waals surface area contributed by atoms with Crippen LogP contribution in [0.3, 0.4) is 0 Å². The van der Waals surface area contributed by atoms with Crippen molar-refractivity contribution in [3.8, 4) is 11.1 Å². The first-order valence-corrected chi connectivity index (χ1v) is 7.22. The van der Waals surface area contributed by atoms with Gasteiger partial charge in [0.25, 0.3) is 0 Å².